The summed E-state index contributed by atoms with van der Waals surface area (Å²) in [4.78, 5) is 20.3. The van der Waals surface area contributed by atoms with Gasteiger partial charge in [0.2, 0.25) is 0 Å². The maximum Gasteiger partial charge on any atom is 0.258 e. The topological polar surface area (TPSA) is 68.0 Å². The number of nitrogens with one attached hydrogen (secondary N) is 1. The first-order chi connectivity index (χ1) is 13.0. The van der Waals surface area contributed by atoms with Crippen LogP contribution < -0.4 is 5.32 Å². The van der Waals surface area contributed by atoms with Gasteiger partial charge in [0.05, 0.1) is 17.8 Å². The van der Waals surface area contributed by atoms with Gasteiger partial charge in [-0.1, -0.05) is 0 Å². The first-order valence-electron chi connectivity index (χ1n) is 9.99. The Morgan fingerprint density at radius 2 is 2.07 bits per heavy atom. The molecular weight excluding hydrogens is 376 g/mol. The van der Waals surface area contributed by atoms with Gasteiger partial charge in [-0.3, -0.25) is 9.48 Å². The van der Waals surface area contributed by atoms with E-state index < -0.39 is 0 Å². The molecule has 2 aromatic rings. The predicted molar refractivity (Wildman–Crippen MR) is 111 cm³/mol. The molecule has 28 heavy (non-hydrogen) atoms. The summed E-state index contributed by atoms with van der Waals surface area (Å²) in [6.45, 7) is 9.54. The van der Waals surface area contributed by atoms with E-state index in [2.05, 4.69) is 31.8 Å². The molecule has 2 aromatic heterocycles. The number of halogens is 1. The molecule has 1 atom stereocenters. The Morgan fingerprint density at radius 3 is 2.68 bits per heavy atom. The maximum absolute atomic E-state index is 13.7. The zero-order chi connectivity index (χ0) is 19.2. The summed E-state index contributed by atoms with van der Waals surface area (Å²) in [6.07, 6.45) is 7.22. The molecule has 1 saturated heterocycles. The second-order valence-corrected chi connectivity index (χ2v) is 8.06. The molecule has 2 aliphatic rings. The Kier molecular flexibility index (Phi) is 5.87. The number of piperidine rings is 1. The van der Waals surface area contributed by atoms with Crippen molar-refractivity contribution in [2.45, 2.75) is 59.2 Å². The lowest BCUT2D eigenvalue weighted by molar-refractivity contribution is 0.0683. The number of rotatable bonds is 5. The average Bonchev–Trinajstić information content (AvgIpc) is 3.01. The number of carbonyl (C=O) groups is 1. The van der Waals surface area contributed by atoms with Crippen molar-refractivity contribution >= 4 is 18.3 Å². The van der Waals surface area contributed by atoms with E-state index in [1.165, 1.54) is 0 Å². The van der Waals surface area contributed by atoms with E-state index in [1.54, 1.807) is 4.68 Å². The van der Waals surface area contributed by atoms with Crippen LogP contribution in [0.25, 0.3) is 0 Å². The van der Waals surface area contributed by atoms with E-state index in [-0.39, 0.29) is 23.7 Å². The van der Waals surface area contributed by atoms with Crippen LogP contribution >= 0.6 is 12.4 Å². The Hall–Kier alpha value is -1.86. The molecule has 1 unspecified atom stereocenters. The molecule has 1 aliphatic heterocycles. The second-order valence-electron chi connectivity index (χ2n) is 8.06. The summed E-state index contributed by atoms with van der Waals surface area (Å²) in [6, 6.07) is 0.299. The van der Waals surface area contributed by atoms with Crippen molar-refractivity contribution in [2.75, 3.05) is 13.1 Å². The van der Waals surface area contributed by atoms with Crippen molar-refractivity contribution in [2.24, 2.45) is 12.5 Å². The van der Waals surface area contributed by atoms with E-state index in [9.17, 15) is 4.79 Å². The largest absolute Gasteiger partial charge is 0.334 e. The van der Waals surface area contributed by atoms with Gasteiger partial charge in [0, 0.05) is 37.7 Å². The van der Waals surface area contributed by atoms with E-state index in [0.717, 1.165) is 61.7 Å². The average molecular weight is 407 g/mol. The number of imidazole rings is 1. The lowest BCUT2D eigenvalue weighted by atomic mass is 9.93. The monoisotopic (exact) mass is 406 g/mol. The van der Waals surface area contributed by atoms with E-state index in [4.69, 9.17) is 0 Å². The molecule has 0 bridgehead atoms. The Labute approximate surface area is 172 Å². The van der Waals surface area contributed by atoms with Crippen molar-refractivity contribution < 1.29 is 4.79 Å². The van der Waals surface area contributed by atoms with Gasteiger partial charge in [0.25, 0.3) is 5.91 Å². The van der Waals surface area contributed by atoms with Gasteiger partial charge >= 0.3 is 0 Å². The fourth-order valence-corrected chi connectivity index (χ4v) is 4.71. The van der Waals surface area contributed by atoms with Crippen LogP contribution in [0.5, 0.6) is 0 Å². The number of amides is 1. The molecule has 0 radical (unpaired) electrons. The second kappa shape index (κ2) is 7.87. The van der Waals surface area contributed by atoms with Crippen LogP contribution in [0, 0.1) is 19.3 Å². The summed E-state index contributed by atoms with van der Waals surface area (Å²) >= 11 is 0. The van der Waals surface area contributed by atoms with Gasteiger partial charge in [-0.2, -0.15) is 5.10 Å². The fourth-order valence-electron chi connectivity index (χ4n) is 4.71. The SMILES string of the molecule is CCn1ccnc1CN(C(=O)c1c(C)nn(C)c1C)C1CC12CCNCC2.Cl. The molecule has 3 heterocycles. The van der Waals surface area contributed by atoms with Gasteiger partial charge in [0.15, 0.2) is 0 Å². The summed E-state index contributed by atoms with van der Waals surface area (Å²) in [5.74, 6) is 1.06. The van der Waals surface area contributed by atoms with E-state index >= 15 is 0 Å². The highest BCUT2D eigenvalue weighted by Crippen LogP contribution is 2.56. The van der Waals surface area contributed by atoms with Gasteiger partial charge in [-0.25, -0.2) is 4.98 Å². The Balaban J connectivity index is 0.00000225. The molecular formula is C20H31ClN6O. The normalized spacial score (nSPS) is 20.1. The molecule has 1 spiro atoms. The van der Waals surface area contributed by atoms with Crippen molar-refractivity contribution in [1.29, 1.82) is 0 Å². The smallest absolute Gasteiger partial charge is 0.258 e. The lowest BCUT2D eigenvalue weighted by Gasteiger charge is -2.29. The highest BCUT2D eigenvalue weighted by Gasteiger charge is 2.58. The van der Waals surface area contributed by atoms with Crippen LogP contribution in [-0.4, -0.2) is 49.3 Å². The van der Waals surface area contributed by atoms with Crippen molar-refractivity contribution in [3.63, 3.8) is 0 Å². The van der Waals surface area contributed by atoms with Crippen LogP contribution in [0.1, 0.15) is 53.8 Å². The first kappa shape index (κ1) is 20.9. The molecule has 1 aliphatic carbocycles. The van der Waals surface area contributed by atoms with Crippen molar-refractivity contribution in [3.05, 3.63) is 35.2 Å². The zero-order valence-electron chi connectivity index (χ0n) is 17.2. The third kappa shape index (κ3) is 3.46. The number of hydrogen-bond acceptors (Lipinski definition) is 4. The third-order valence-electron chi connectivity index (χ3n) is 6.56. The third-order valence-corrected chi connectivity index (χ3v) is 6.56. The number of aryl methyl sites for hydroxylation is 3. The van der Waals surface area contributed by atoms with E-state index in [0.29, 0.717) is 12.6 Å². The molecule has 1 saturated carbocycles. The predicted octanol–water partition coefficient (Wildman–Crippen LogP) is 2.46. The summed E-state index contributed by atoms with van der Waals surface area (Å²) in [5, 5.41) is 7.92. The van der Waals surface area contributed by atoms with Gasteiger partial charge < -0.3 is 14.8 Å². The highest BCUT2D eigenvalue weighted by atomic mass is 35.5. The fraction of sp³-hybridized carbons (Fsp3) is 0.650. The van der Waals surface area contributed by atoms with Crippen molar-refractivity contribution in [3.8, 4) is 0 Å². The molecule has 2 fully saturated rings. The quantitative estimate of drug-likeness (QED) is 0.828. The van der Waals surface area contributed by atoms with Crippen LogP contribution in [0.2, 0.25) is 0 Å². The minimum absolute atomic E-state index is 0. The minimum atomic E-state index is 0. The Morgan fingerprint density at radius 1 is 1.36 bits per heavy atom. The van der Waals surface area contributed by atoms with Crippen molar-refractivity contribution in [1.82, 2.24) is 29.5 Å². The number of carbonyl (C=O) groups excluding carboxylic acids is 1. The molecule has 1 N–H and O–H groups in total. The summed E-state index contributed by atoms with van der Waals surface area (Å²) < 4.78 is 3.93. The number of hydrogen-bond donors (Lipinski definition) is 1. The number of aromatic nitrogens is 4. The standard InChI is InChI=1S/C20H30N6O.ClH/c1-5-25-11-10-22-17(25)13-26(16-12-20(16)6-8-21-9-7-20)19(27)18-14(2)23-24(4)15(18)3;/h10-11,16,21H,5-9,12-13H2,1-4H3;1H. The minimum Gasteiger partial charge on any atom is -0.334 e. The van der Waals surface area contributed by atoms with Gasteiger partial charge in [-0.05, 0) is 58.5 Å². The molecule has 4 rings (SSSR count). The van der Waals surface area contributed by atoms with Crippen LogP contribution in [0.15, 0.2) is 12.4 Å². The van der Waals surface area contributed by atoms with Gasteiger partial charge in [0.1, 0.15) is 5.82 Å². The first-order valence-corrected chi connectivity index (χ1v) is 9.99. The number of nitrogens with zero attached hydrogens (tertiary/aromatic N) is 5. The lowest BCUT2D eigenvalue weighted by Crippen LogP contribution is -2.40. The van der Waals surface area contributed by atoms with Crippen LogP contribution in [0.4, 0.5) is 0 Å². The molecule has 0 aromatic carbocycles. The zero-order valence-corrected chi connectivity index (χ0v) is 18.1. The highest BCUT2D eigenvalue weighted by molar-refractivity contribution is 5.96. The molecule has 8 heteroatoms. The Bertz CT molecular complexity index is 851. The molecule has 1 amide bonds. The van der Waals surface area contributed by atoms with E-state index in [1.807, 2.05) is 33.3 Å². The maximum atomic E-state index is 13.7. The summed E-state index contributed by atoms with van der Waals surface area (Å²) in [7, 11) is 1.90. The molecule has 7 nitrogen and oxygen atoms in total. The van der Waals surface area contributed by atoms with Crippen LogP contribution in [-0.2, 0) is 20.1 Å². The summed E-state index contributed by atoms with van der Waals surface area (Å²) in [5.41, 5.74) is 2.78. The molecule has 154 valence electrons. The van der Waals surface area contributed by atoms with Crippen LogP contribution in [0.3, 0.4) is 0 Å². The van der Waals surface area contributed by atoms with Gasteiger partial charge in [-0.15, -0.1) is 12.4 Å².